The molecule has 2 heterocycles. The summed E-state index contributed by atoms with van der Waals surface area (Å²) in [5.74, 6) is -1.71. The highest BCUT2D eigenvalue weighted by atomic mass is 16.5. The Morgan fingerprint density at radius 2 is 1.86 bits per heavy atom. The maximum absolute atomic E-state index is 12.5. The van der Waals surface area contributed by atoms with Crippen molar-refractivity contribution in [2.45, 2.75) is 18.9 Å². The third-order valence-electron chi connectivity index (χ3n) is 3.96. The smallest absolute Gasteiger partial charge is 0.331 e. The Morgan fingerprint density at radius 1 is 1.19 bits per heavy atom. The second-order valence-corrected chi connectivity index (χ2v) is 5.19. The summed E-state index contributed by atoms with van der Waals surface area (Å²) in [4.78, 5) is 38.2. The van der Waals surface area contributed by atoms with E-state index in [2.05, 4.69) is 0 Å². The molecule has 1 N–H and O–H groups in total. The number of carboxylic acid groups (broad SMARTS) is 1. The number of hydrogen-bond acceptors (Lipinski definition) is 5. The van der Waals surface area contributed by atoms with Crippen molar-refractivity contribution in [3.05, 3.63) is 0 Å². The highest BCUT2D eigenvalue weighted by molar-refractivity contribution is 5.84. The number of carboxylic acids is 1. The van der Waals surface area contributed by atoms with Crippen LogP contribution in [0.5, 0.6) is 0 Å². The van der Waals surface area contributed by atoms with Gasteiger partial charge in [-0.1, -0.05) is 0 Å². The van der Waals surface area contributed by atoms with Crippen LogP contribution < -0.4 is 0 Å². The van der Waals surface area contributed by atoms with Gasteiger partial charge in [-0.25, -0.2) is 9.59 Å². The van der Waals surface area contributed by atoms with E-state index in [1.165, 1.54) is 12.0 Å². The van der Waals surface area contributed by atoms with Gasteiger partial charge in [-0.2, -0.15) is 0 Å². The number of carbonyl (C=O) groups excluding carboxylic acids is 2. The van der Waals surface area contributed by atoms with Gasteiger partial charge >= 0.3 is 18.0 Å². The molecule has 2 saturated heterocycles. The lowest BCUT2D eigenvalue weighted by molar-refractivity contribution is -0.151. The van der Waals surface area contributed by atoms with E-state index in [0.29, 0.717) is 39.1 Å². The van der Waals surface area contributed by atoms with Crippen LogP contribution in [0.3, 0.4) is 0 Å². The van der Waals surface area contributed by atoms with E-state index in [1.807, 2.05) is 0 Å². The van der Waals surface area contributed by atoms with E-state index >= 15 is 0 Å². The normalized spacial score (nSPS) is 23.8. The molecule has 0 aromatic heterocycles. The number of piperidine rings is 1. The Hall–Kier alpha value is -1.83. The molecule has 8 nitrogen and oxygen atoms in total. The molecule has 0 aromatic rings. The maximum Gasteiger partial charge on any atom is 0.331 e. The van der Waals surface area contributed by atoms with E-state index in [0.717, 1.165) is 0 Å². The quantitative estimate of drug-likeness (QED) is 0.708. The summed E-state index contributed by atoms with van der Waals surface area (Å²) in [6.07, 6.45) is 0.878. The maximum atomic E-state index is 12.5. The average molecular weight is 300 g/mol. The first-order chi connectivity index (χ1) is 10.0. The third-order valence-corrected chi connectivity index (χ3v) is 3.96. The minimum atomic E-state index is -0.819. The van der Waals surface area contributed by atoms with E-state index in [1.54, 1.807) is 4.90 Å². The van der Waals surface area contributed by atoms with Crippen LogP contribution >= 0.6 is 0 Å². The number of nitrogens with zero attached hydrogens (tertiary/aromatic N) is 2. The number of methoxy groups -OCH3 is 1. The van der Waals surface area contributed by atoms with Crippen LogP contribution in [0.25, 0.3) is 0 Å². The second-order valence-electron chi connectivity index (χ2n) is 5.19. The van der Waals surface area contributed by atoms with Gasteiger partial charge < -0.3 is 24.4 Å². The monoisotopic (exact) mass is 300 g/mol. The van der Waals surface area contributed by atoms with Crippen molar-refractivity contribution in [3.8, 4) is 0 Å². The van der Waals surface area contributed by atoms with Crippen molar-refractivity contribution in [1.82, 2.24) is 9.80 Å². The fraction of sp³-hybridized carbons (Fsp3) is 0.769. The molecule has 1 unspecified atom stereocenters. The Kier molecular flexibility index (Phi) is 5.00. The Labute approximate surface area is 122 Å². The second kappa shape index (κ2) is 6.75. The van der Waals surface area contributed by atoms with E-state index in [9.17, 15) is 14.4 Å². The van der Waals surface area contributed by atoms with E-state index < -0.39 is 23.9 Å². The van der Waals surface area contributed by atoms with Crippen LogP contribution in [-0.2, 0) is 19.1 Å². The molecule has 0 radical (unpaired) electrons. The summed E-state index contributed by atoms with van der Waals surface area (Å²) < 4.78 is 9.93. The molecular formula is C13H20N2O6. The van der Waals surface area contributed by atoms with Crippen LogP contribution in [0, 0.1) is 5.92 Å². The van der Waals surface area contributed by atoms with Gasteiger partial charge in [0.15, 0.2) is 6.04 Å². The number of carbonyl (C=O) groups is 3. The Bertz CT molecular complexity index is 419. The van der Waals surface area contributed by atoms with Crippen LogP contribution in [-0.4, -0.2) is 78.9 Å². The third kappa shape index (κ3) is 3.44. The van der Waals surface area contributed by atoms with Crippen molar-refractivity contribution in [2.24, 2.45) is 5.92 Å². The summed E-state index contributed by atoms with van der Waals surface area (Å²) in [5.41, 5.74) is 0. The van der Waals surface area contributed by atoms with Gasteiger partial charge in [0, 0.05) is 19.6 Å². The van der Waals surface area contributed by atoms with Gasteiger partial charge in [0.1, 0.15) is 0 Å². The van der Waals surface area contributed by atoms with Crippen molar-refractivity contribution in [3.63, 3.8) is 0 Å². The highest BCUT2D eigenvalue weighted by Crippen LogP contribution is 2.20. The lowest BCUT2D eigenvalue weighted by atomic mass is 9.97. The Balaban J connectivity index is 1.98. The number of hydrogen-bond donors (Lipinski definition) is 1. The molecule has 0 spiro atoms. The standard InChI is InChI=1S/C13H20N2O6/c1-20-12(18)10-8-21-7-6-15(10)13(19)14-4-2-9(3-5-14)11(16)17/h9-10H,2-8H2,1H3,(H,16,17). The number of esters is 1. The van der Waals surface area contributed by atoms with Gasteiger partial charge in [-0.05, 0) is 12.8 Å². The van der Waals surface area contributed by atoms with Crippen molar-refractivity contribution < 1.29 is 29.0 Å². The van der Waals surface area contributed by atoms with Crippen molar-refractivity contribution >= 4 is 18.0 Å². The summed E-state index contributed by atoms with van der Waals surface area (Å²) in [5, 5.41) is 8.97. The molecule has 0 saturated carbocycles. The highest BCUT2D eigenvalue weighted by Gasteiger charge is 2.37. The van der Waals surface area contributed by atoms with Gasteiger partial charge in [0.05, 0.1) is 26.2 Å². The summed E-state index contributed by atoms with van der Waals surface area (Å²) >= 11 is 0. The first-order valence-electron chi connectivity index (χ1n) is 6.98. The predicted octanol–water partition coefficient (Wildman–Crippen LogP) is -0.223. The largest absolute Gasteiger partial charge is 0.481 e. The lowest BCUT2D eigenvalue weighted by Crippen LogP contribution is -2.58. The predicted molar refractivity (Wildman–Crippen MR) is 70.7 cm³/mol. The topological polar surface area (TPSA) is 96.4 Å². The SMILES string of the molecule is COC(=O)C1COCCN1C(=O)N1CCC(C(=O)O)CC1. The van der Waals surface area contributed by atoms with Crippen LogP contribution in [0.4, 0.5) is 4.79 Å². The fourth-order valence-corrected chi connectivity index (χ4v) is 2.66. The van der Waals surface area contributed by atoms with Crippen molar-refractivity contribution in [2.75, 3.05) is 40.0 Å². The molecule has 0 aromatic carbocycles. The minimum Gasteiger partial charge on any atom is -0.481 e. The molecule has 8 heteroatoms. The van der Waals surface area contributed by atoms with Gasteiger partial charge in [-0.15, -0.1) is 0 Å². The number of morpholine rings is 1. The van der Waals surface area contributed by atoms with Crippen molar-refractivity contribution in [1.29, 1.82) is 0 Å². The summed E-state index contributed by atoms with van der Waals surface area (Å²) in [6, 6.07) is -0.981. The molecule has 2 aliphatic heterocycles. The number of urea groups is 1. The first kappa shape index (κ1) is 15.6. The summed E-state index contributed by atoms with van der Waals surface area (Å²) in [7, 11) is 1.28. The number of rotatable bonds is 2. The number of aliphatic carboxylic acids is 1. The zero-order valence-corrected chi connectivity index (χ0v) is 12.0. The minimum absolute atomic E-state index is 0.129. The molecule has 2 amide bonds. The van der Waals surface area contributed by atoms with Gasteiger partial charge in [0.2, 0.25) is 0 Å². The molecule has 2 aliphatic rings. The zero-order chi connectivity index (χ0) is 15.4. The number of likely N-dealkylation sites (tertiary alicyclic amines) is 1. The fourth-order valence-electron chi connectivity index (χ4n) is 2.66. The molecule has 2 fully saturated rings. The molecule has 0 aliphatic carbocycles. The Morgan fingerprint density at radius 3 is 2.43 bits per heavy atom. The summed E-state index contributed by atoms with van der Waals surface area (Å²) in [6.45, 7) is 1.62. The number of amides is 2. The number of ether oxygens (including phenoxy) is 2. The van der Waals surface area contributed by atoms with Gasteiger partial charge in [-0.3, -0.25) is 4.79 Å². The van der Waals surface area contributed by atoms with E-state index in [4.69, 9.17) is 14.6 Å². The molecule has 21 heavy (non-hydrogen) atoms. The van der Waals surface area contributed by atoms with Crippen LogP contribution in [0.2, 0.25) is 0 Å². The molecule has 0 bridgehead atoms. The average Bonchev–Trinajstić information content (AvgIpc) is 2.53. The molecule has 118 valence electrons. The molecule has 2 rings (SSSR count). The lowest BCUT2D eigenvalue weighted by Gasteiger charge is -2.39. The zero-order valence-electron chi connectivity index (χ0n) is 12.0. The van der Waals surface area contributed by atoms with E-state index in [-0.39, 0.29) is 12.6 Å². The van der Waals surface area contributed by atoms with Gasteiger partial charge in [0.25, 0.3) is 0 Å². The van der Waals surface area contributed by atoms with Crippen LogP contribution in [0.1, 0.15) is 12.8 Å². The van der Waals surface area contributed by atoms with Crippen LogP contribution in [0.15, 0.2) is 0 Å². The molecular weight excluding hydrogens is 280 g/mol. The molecule has 1 atom stereocenters. The first-order valence-corrected chi connectivity index (χ1v) is 6.98.